The van der Waals surface area contributed by atoms with Gasteiger partial charge >= 0.3 is 5.97 Å². The Hall–Kier alpha value is -0.710. The Kier molecular flexibility index (Phi) is 4.38. The molecule has 0 saturated carbocycles. The number of hydrogen-bond donors (Lipinski definition) is 1. The van der Waals surface area contributed by atoms with E-state index >= 15 is 0 Å². The van der Waals surface area contributed by atoms with E-state index in [0.717, 1.165) is 4.31 Å². The van der Waals surface area contributed by atoms with E-state index in [1.807, 2.05) is 0 Å². The maximum atomic E-state index is 12.4. The monoisotopic (exact) mass is 327 g/mol. The smallest absolute Gasteiger partial charge is 0.306 e. The van der Waals surface area contributed by atoms with Crippen LogP contribution in [0.25, 0.3) is 0 Å². The van der Waals surface area contributed by atoms with E-state index in [0.29, 0.717) is 0 Å². The molecule has 10 heteroatoms. The molecule has 0 bridgehead atoms. The molecule has 0 aliphatic carbocycles. The van der Waals surface area contributed by atoms with Crippen LogP contribution in [-0.4, -0.2) is 74.8 Å². The molecule has 2 rings (SSSR count). The molecule has 0 aromatic rings. The zero-order valence-electron chi connectivity index (χ0n) is 10.8. The predicted octanol–water partition coefficient (Wildman–Crippen LogP) is -1.32. The first-order chi connectivity index (χ1) is 9.21. The zero-order valence-corrected chi connectivity index (χ0v) is 12.4. The van der Waals surface area contributed by atoms with Crippen LogP contribution in [0, 0.1) is 0 Å². The van der Waals surface area contributed by atoms with E-state index < -0.39 is 37.2 Å². The van der Waals surface area contributed by atoms with Gasteiger partial charge < -0.3 is 9.84 Å². The highest BCUT2D eigenvalue weighted by atomic mass is 32.2. The highest BCUT2D eigenvalue weighted by molar-refractivity contribution is 7.95. The number of carboxylic acid groups (broad SMARTS) is 1. The van der Waals surface area contributed by atoms with E-state index in [4.69, 9.17) is 9.84 Å². The van der Waals surface area contributed by atoms with Gasteiger partial charge in [0.25, 0.3) is 0 Å². The standard InChI is InChI=1S/C10H17NO7S2/c12-10(13)5-8-6-11(2-3-18-8)20(16,17)9-1-4-19(14,15)7-9/h8-9H,1-7H2,(H,12,13). The third-order valence-electron chi connectivity index (χ3n) is 3.48. The number of rotatable bonds is 4. The first-order valence-corrected chi connectivity index (χ1v) is 9.56. The van der Waals surface area contributed by atoms with Gasteiger partial charge in [0, 0.05) is 13.1 Å². The minimum Gasteiger partial charge on any atom is -0.481 e. The lowest BCUT2D eigenvalue weighted by atomic mass is 10.2. The van der Waals surface area contributed by atoms with Crippen molar-refractivity contribution in [3.05, 3.63) is 0 Å². The first kappa shape index (κ1) is 15.7. The quantitative estimate of drug-likeness (QED) is 0.680. The van der Waals surface area contributed by atoms with Gasteiger partial charge in [0.1, 0.15) is 0 Å². The molecule has 20 heavy (non-hydrogen) atoms. The van der Waals surface area contributed by atoms with Crippen molar-refractivity contribution in [1.29, 1.82) is 0 Å². The lowest BCUT2D eigenvalue weighted by Gasteiger charge is -2.33. The molecule has 2 atom stereocenters. The SMILES string of the molecule is O=C(O)CC1CN(S(=O)(=O)C2CCS(=O)(=O)C2)CCO1. The van der Waals surface area contributed by atoms with Gasteiger partial charge in [-0.05, 0) is 6.42 Å². The highest BCUT2D eigenvalue weighted by Gasteiger charge is 2.42. The predicted molar refractivity (Wildman–Crippen MR) is 69.5 cm³/mol. The molecule has 1 N–H and O–H groups in total. The van der Waals surface area contributed by atoms with Gasteiger partial charge in [0.2, 0.25) is 10.0 Å². The van der Waals surface area contributed by atoms with Crippen molar-refractivity contribution in [3.8, 4) is 0 Å². The second-order valence-electron chi connectivity index (χ2n) is 5.02. The van der Waals surface area contributed by atoms with Crippen molar-refractivity contribution in [2.75, 3.05) is 31.2 Å². The number of sulfonamides is 1. The lowest BCUT2D eigenvalue weighted by molar-refractivity contribution is -0.141. The van der Waals surface area contributed by atoms with Crippen molar-refractivity contribution in [3.63, 3.8) is 0 Å². The number of hydrogen-bond acceptors (Lipinski definition) is 6. The molecule has 2 aliphatic rings. The molecule has 2 fully saturated rings. The molecule has 0 spiro atoms. The molecule has 2 aliphatic heterocycles. The summed E-state index contributed by atoms with van der Waals surface area (Å²) in [5.41, 5.74) is 0. The lowest BCUT2D eigenvalue weighted by Crippen LogP contribution is -2.49. The average Bonchev–Trinajstić information content (AvgIpc) is 2.70. The van der Waals surface area contributed by atoms with Crippen LogP contribution in [-0.2, 0) is 29.4 Å². The van der Waals surface area contributed by atoms with Crippen LogP contribution in [0.15, 0.2) is 0 Å². The number of sulfone groups is 1. The zero-order chi connectivity index (χ0) is 15.0. The average molecular weight is 327 g/mol. The Morgan fingerprint density at radius 2 is 2.10 bits per heavy atom. The first-order valence-electron chi connectivity index (χ1n) is 6.23. The Morgan fingerprint density at radius 1 is 1.40 bits per heavy atom. The maximum Gasteiger partial charge on any atom is 0.306 e. The van der Waals surface area contributed by atoms with Gasteiger partial charge in [0.15, 0.2) is 9.84 Å². The normalized spacial score (nSPS) is 31.2. The van der Waals surface area contributed by atoms with Crippen LogP contribution >= 0.6 is 0 Å². The fourth-order valence-electron chi connectivity index (χ4n) is 2.45. The van der Waals surface area contributed by atoms with Crippen molar-refractivity contribution in [2.45, 2.75) is 24.2 Å². The molecule has 116 valence electrons. The van der Waals surface area contributed by atoms with Crippen LogP contribution in [0.5, 0.6) is 0 Å². The third kappa shape index (κ3) is 3.48. The molecule has 8 nitrogen and oxygen atoms in total. The molecule has 0 aromatic heterocycles. The minimum atomic E-state index is -3.72. The van der Waals surface area contributed by atoms with Gasteiger partial charge in [-0.25, -0.2) is 16.8 Å². The van der Waals surface area contributed by atoms with Gasteiger partial charge in [-0.1, -0.05) is 0 Å². The second kappa shape index (κ2) is 5.58. The summed E-state index contributed by atoms with van der Waals surface area (Å²) < 4.78 is 53.9. The summed E-state index contributed by atoms with van der Waals surface area (Å²) >= 11 is 0. The number of aliphatic carboxylic acids is 1. The molecule has 0 aromatic carbocycles. The third-order valence-corrected chi connectivity index (χ3v) is 7.75. The van der Waals surface area contributed by atoms with E-state index in [-0.39, 0.29) is 44.0 Å². The molecule has 0 amide bonds. The molecule has 2 unspecified atom stereocenters. The molecule has 0 radical (unpaired) electrons. The largest absolute Gasteiger partial charge is 0.481 e. The number of nitrogens with zero attached hydrogens (tertiary/aromatic N) is 1. The van der Waals surface area contributed by atoms with Crippen LogP contribution in [0.2, 0.25) is 0 Å². The summed E-state index contributed by atoms with van der Waals surface area (Å²) in [6, 6.07) is 0. The second-order valence-corrected chi connectivity index (χ2v) is 9.46. The molecule has 2 saturated heterocycles. The van der Waals surface area contributed by atoms with Crippen LogP contribution in [0.4, 0.5) is 0 Å². The van der Waals surface area contributed by atoms with Gasteiger partial charge in [-0.15, -0.1) is 0 Å². The van der Waals surface area contributed by atoms with E-state index in [9.17, 15) is 21.6 Å². The summed E-state index contributed by atoms with van der Waals surface area (Å²) in [7, 11) is -7.00. The fourth-order valence-corrected chi connectivity index (χ4v) is 6.99. The highest BCUT2D eigenvalue weighted by Crippen LogP contribution is 2.24. The minimum absolute atomic E-state index is 0.0365. The number of ether oxygens (including phenoxy) is 1. The summed E-state index contributed by atoms with van der Waals surface area (Å²) in [5.74, 6) is -1.52. The van der Waals surface area contributed by atoms with Crippen molar-refractivity contribution >= 4 is 25.8 Å². The summed E-state index contributed by atoms with van der Waals surface area (Å²) in [6.07, 6.45) is -0.852. The Bertz CT molecular complexity index is 583. The number of carbonyl (C=O) groups is 1. The van der Waals surface area contributed by atoms with Crippen molar-refractivity contribution in [2.24, 2.45) is 0 Å². The van der Waals surface area contributed by atoms with Crippen LogP contribution in [0.3, 0.4) is 0 Å². The van der Waals surface area contributed by atoms with E-state index in [1.54, 1.807) is 0 Å². The molecular formula is C10H17NO7S2. The van der Waals surface area contributed by atoms with Crippen LogP contribution in [0.1, 0.15) is 12.8 Å². The van der Waals surface area contributed by atoms with E-state index in [2.05, 4.69) is 0 Å². The summed E-state index contributed by atoms with van der Waals surface area (Å²) in [6.45, 7) is 0.219. The van der Waals surface area contributed by atoms with Gasteiger partial charge in [0.05, 0.1) is 35.9 Å². The maximum absolute atomic E-state index is 12.4. The number of morpholine rings is 1. The Morgan fingerprint density at radius 3 is 2.65 bits per heavy atom. The Balaban J connectivity index is 2.08. The van der Waals surface area contributed by atoms with Gasteiger partial charge in [-0.3, -0.25) is 4.79 Å². The van der Waals surface area contributed by atoms with Gasteiger partial charge in [-0.2, -0.15) is 4.31 Å². The fraction of sp³-hybridized carbons (Fsp3) is 0.900. The summed E-state index contributed by atoms with van der Waals surface area (Å²) in [4.78, 5) is 10.6. The van der Waals surface area contributed by atoms with Crippen molar-refractivity contribution in [1.82, 2.24) is 4.31 Å². The Labute approximate surface area is 117 Å². The molecule has 2 heterocycles. The van der Waals surface area contributed by atoms with E-state index in [1.165, 1.54) is 0 Å². The number of carboxylic acids is 1. The molecular weight excluding hydrogens is 310 g/mol. The van der Waals surface area contributed by atoms with Crippen molar-refractivity contribution < 1.29 is 31.5 Å². The summed E-state index contributed by atoms with van der Waals surface area (Å²) in [5, 5.41) is 7.79. The topological polar surface area (TPSA) is 118 Å². The van der Waals surface area contributed by atoms with Crippen LogP contribution < -0.4 is 0 Å².